The molecule has 1 unspecified atom stereocenters. The van der Waals surface area contributed by atoms with E-state index in [4.69, 9.17) is 11.6 Å². The Hall–Kier alpha value is -0.140. The van der Waals surface area contributed by atoms with Gasteiger partial charge in [0.1, 0.15) is 0 Å². The Morgan fingerprint density at radius 2 is 2.00 bits per heavy atom. The van der Waals surface area contributed by atoms with Gasteiger partial charge in [-0.1, -0.05) is 37.3 Å². The highest BCUT2D eigenvalue weighted by Crippen LogP contribution is 2.13. The van der Waals surface area contributed by atoms with E-state index in [-0.39, 0.29) is 0 Å². The lowest BCUT2D eigenvalue weighted by Crippen LogP contribution is -2.00. The molecule has 1 aromatic rings. The minimum Gasteiger partial charge on any atom is -0.157 e. The average Bonchev–Trinajstić information content (AvgIpc) is 2.19. The van der Waals surface area contributed by atoms with Crippen molar-refractivity contribution in [2.24, 2.45) is 0 Å². The van der Waals surface area contributed by atoms with Crippen molar-refractivity contribution in [3.05, 3.63) is 35.9 Å². The molecular weight excluding hydrogens is 200 g/mol. The van der Waals surface area contributed by atoms with Crippen LogP contribution in [0.4, 0.5) is 0 Å². The second-order valence-corrected chi connectivity index (χ2v) is 4.93. The Morgan fingerprint density at radius 3 is 2.62 bits per heavy atom. The molecule has 0 spiro atoms. The Bertz CT molecular complexity index is 223. The van der Waals surface area contributed by atoms with Crippen LogP contribution < -0.4 is 0 Å². The summed E-state index contributed by atoms with van der Waals surface area (Å²) in [5, 5.41) is 0.574. The zero-order valence-electron chi connectivity index (χ0n) is 7.87. The van der Waals surface area contributed by atoms with Gasteiger partial charge in [-0.15, -0.1) is 11.6 Å². The standard InChI is InChI=1S/C11H15ClS/c1-10(9-12)13-8-7-11-5-3-2-4-6-11/h2-6,10H,7-9H2,1H3. The van der Waals surface area contributed by atoms with Gasteiger partial charge < -0.3 is 0 Å². The minimum absolute atomic E-state index is 0.574. The van der Waals surface area contributed by atoms with Crippen LogP contribution in [0, 0.1) is 0 Å². The van der Waals surface area contributed by atoms with Gasteiger partial charge in [-0.05, 0) is 17.7 Å². The van der Waals surface area contributed by atoms with E-state index in [9.17, 15) is 0 Å². The van der Waals surface area contributed by atoms with E-state index in [1.165, 1.54) is 5.56 Å². The van der Waals surface area contributed by atoms with E-state index in [1.807, 2.05) is 11.8 Å². The number of alkyl halides is 1. The summed E-state index contributed by atoms with van der Waals surface area (Å²) in [7, 11) is 0. The first-order chi connectivity index (χ1) is 6.33. The summed E-state index contributed by atoms with van der Waals surface area (Å²) in [6, 6.07) is 10.6. The molecule has 0 nitrogen and oxygen atoms in total. The molecule has 0 aliphatic heterocycles. The smallest absolute Gasteiger partial charge is 0.0339 e. The summed E-state index contributed by atoms with van der Waals surface area (Å²) in [5.41, 5.74) is 1.41. The van der Waals surface area contributed by atoms with Gasteiger partial charge in [0.2, 0.25) is 0 Å². The van der Waals surface area contributed by atoms with Gasteiger partial charge in [-0.2, -0.15) is 11.8 Å². The second kappa shape index (κ2) is 6.33. The number of rotatable bonds is 5. The van der Waals surface area contributed by atoms with E-state index in [1.54, 1.807) is 0 Å². The van der Waals surface area contributed by atoms with Crippen molar-refractivity contribution in [1.82, 2.24) is 0 Å². The van der Waals surface area contributed by atoms with Crippen LogP contribution in [-0.4, -0.2) is 16.9 Å². The van der Waals surface area contributed by atoms with Crippen LogP contribution in [0.5, 0.6) is 0 Å². The van der Waals surface area contributed by atoms with Gasteiger partial charge in [0.15, 0.2) is 0 Å². The topological polar surface area (TPSA) is 0 Å². The summed E-state index contributed by atoms with van der Waals surface area (Å²) < 4.78 is 0. The van der Waals surface area contributed by atoms with Crippen molar-refractivity contribution in [3.63, 3.8) is 0 Å². The van der Waals surface area contributed by atoms with Crippen LogP contribution in [0.3, 0.4) is 0 Å². The molecular formula is C11H15ClS. The predicted octanol–water partition coefficient (Wildman–Crippen LogP) is 3.59. The second-order valence-electron chi connectivity index (χ2n) is 3.07. The van der Waals surface area contributed by atoms with E-state index >= 15 is 0 Å². The molecule has 0 radical (unpaired) electrons. The maximum absolute atomic E-state index is 5.71. The highest BCUT2D eigenvalue weighted by atomic mass is 35.5. The molecule has 0 heterocycles. The van der Waals surface area contributed by atoms with Crippen LogP contribution in [0.1, 0.15) is 12.5 Å². The molecule has 1 aromatic carbocycles. The first kappa shape index (κ1) is 10.9. The fourth-order valence-corrected chi connectivity index (χ4v) is 2.18. The molecule has 2 heteroatoms. The lowest BCUT2D eigenvalue weighted by atomic mass is 10.2. The molecule has 1 rings (SSSR count). The minimum atomic E-state index is 0.574. The van der Waals surface area contributed by atoms with E-state index in [0.717, 1.165) is 18.1 Å². The maximum atomic E-state index is 5.71. The zero-order valence-corrected chi connectivity index (χ0v) is 9.44. The lowest BCUT2D eigenvalue weighted by molar-refractivity contribution is 1.09. The van der Waals surface area contributed by atoms with Crippen LogP contribution in [0.15, 0.2) is 30.3 Å². The number of thioether (sulfide) groups is 1. The maximum Gasteiger partial charge on any atom is 0.0339 e. The van der Waals surface area contributed by atoms with Gasteiger partial charge in [0.25, 0.3) is 0 Å². The Kier molecular flexibility index (Phi) is 5.33. The third-order valence-corrected chi connectivity index (χ3v) is 3.67. The van der Waals surface area contributed by atoms with Crippen LogP contribution >= 0.6 is 23.4 Å². The van der Waals surface area contributed by atoms with Crippen molar-refractivity contribution >= 4 is 23.4 Å². The molecule has 0 bridgehead atoms. The molecule has 0 N–H and O–H groups in total. The lowest BCUT2D eigenvalue weighted by Gasteiger charge is -2.06. The van der Waals surface area contributed by atoms with Crippen LogP contribution in [0.25, 0.3) is 0 Å². The van der Waals surface area contributed by atoms with Gasteiger partial charge in [0, 0.05) is 11.1 Å². The predicted molar refractivity (Wildman–Crippen MR) is 62.8 cm³/mol. The van der Waals surface area contributed by atoms with Crippen molar-refractivity contribution in [2.75, 3.05) is 11.6 Å². The van der Waals surface area contributed by atoms with Crippen molar-refractivity contribution in [1.29, 1.82) is 0 Å². The Morgan fingerprint density at radius 1 is 1.31 bits per heavy atom. The van der Waals surface area contributed by atoms with Crippen molar-refractivity contribution < 1.29 is 0 Å². The molecule has 1 atom stereocenters. The highest BCUT2D eigenvalue weighted by Gasteiger charge is 1.99. The molecule has 0 saturated carbocycles. The number of hydrogen-bond donors (Lipinski definition) is 0. The number of benzene rings is 1. The Labute approximate surface area is 89.7 Å². The summed E-state index contributed by atoms with van der Waals surface area (Å²) in [5.74, 6) is 1.91. The normalized spacial score (nSPS) is 12.8. The first-order valence-corrected chi connectivity index (χ1v) is 6.12. The molecule has 72 valence electrons. The Balaban J connectivity index is 2.20. The summed E-state index contributed by atoms with van der Waals surface area (Å²) >= 11 is 7.65. The van der Waals surface area contributed by atoms with Crippen molar-refractivity contribution in [3.8, 4) is 0 Å². The summed E-state index contributed by atoms with van der Waals surface area (Å²) in [6.07, 6.45) is 1.15. The van der Waals surface area contributed by atoms with E-state index < -0.39 is 0 Å². The number of hydrogen-bond acceptors (Lipinski definition) is 1. The summed E-state index contributed by atoms with van der Waals surface area (Å²) in [6.45, 7) is 2.17. The molecule has 0 fully saturated rings. The molecule has 0 saturated heterocycles. The van der Waals surface area contributed by atoms with Crippen LogP contribution in [0.2, 0.25) is 0 Å². The van der Waals surface area contributed by atoms with Gasteiger partial charge >= 0.3 is 0 Å². The molecule has 0 aliphatic rings. The summed E-state index contributed by atoms with van der Waals surface area (Å²) in [4.78, 5) is 0. The van der Waals surface area contributed by atoms with E-state index in [2.05, 4.69) is 37.3 Å². The van der Waals surface area contributed by atoms with Crippen molar-refractivity contribution in [2.45, 2.75) is 18.6 Å². The molecule has 0 aromatic heterocycles. The zero-order chi connectivity index (χ0) is 9.52. The number of halogens is 1. The monoisotopic (exact) mass is 214 g/mol. The van der Waals surface area contributed by atoms with Gasteiger partial charge in [0.05, 0.1) is 0 Å². The molecule has 0 aliphatic carbocycles. The first-order valence-electron chi connectivity index (χ1n) is 4.54. The highest BCUT2D eigenvalue weighted by molar-refractivity contribution is 7.99. The van der Waals surface area contributed by atoms with E-state index in [0.29, 0.717) is 5.25 Å². The quantitative estimate of drug-likeness (QED) is 0.676. The SMILES string of the molecule is CC(CCl)SCCc1ccccc1. The largest absolute Gasteiger partial charge is 0.157 e. The molecule has 0 amide bonds. The molecule has 13 heavy (non-hydrogen) atoms. The number of aryl methyl sites for hydroxylation is 1. The van der Waals surface area contributed by atoms with Crippen LogP contribution in [-0.2, 0) is 6.42 Å². The van der Waals surface area contributed by atoms with Gasteiger partial charge in [-0.3, -0.25) is 0 Å². The van der Waals surface area contributed by atoms with Gasteiger partial charge in [-0.25, -0.2) is 0 Å². The third-order valence-electron chi connectivity index (χ3n) is 1.85. The third kappa shape index (κ3) is 4.58. The average molecular weight is 215 g/mol. The fourth-order valence-electron chi connectivity index (χ4n) is 1.07. The fraction of sp³-hybridized carbons (Fsp3) is 0.455.